The van der Waals surface area contributed by atoms with Gasteiger partial charge in [-0.3, -0.25) is 9.59 Å². The maximum atomic E-state index is 13.2. The molecular weight excluding hydrogens is 494 g/mol. The lowest BCUT2D eigenvalue weighted by Crippen LogP contribution is -2.43. The van der Waals surface area contributed by atoms with Crippen LogP contribution >= 0.6 is 0 Å². The van der Waals surface area contributed by atoms with E-state index in [0.717, 1.165) is 24.1 Å². The number of benzene rings is 2. The summed E-state index contributed by atoms with van der Waals surface area (Å²) in [5.41, 5.74) is 7.86. The molecule has 0 saturated carbocycles. The van der Waals surface area contributed by atoms with Gasteiger partial charge >= 0.3 is 5.97 Å². The largest absolute Gasteiger partial charge is 0.502 e. The van der Waals surface area contributed by atoms with Crippen LogP contribution in [0.1, 0.15) is 41.5 Å². The van der Waals surface area contributed by atoms with Crippen molar-refractivity contribution >= 4 is 11.9 Å². The molecule has 11 heteroatoms. The van der Waals surface area contributed by atoms with Crippen LogP contribution in [-0.2, 0) is 14.3 Å². The molecule has 2 heterocycles. The number of amides is 1. The standard InChI is InChI=1S/C27H33N3O8/c1-34-20-8-14(9-21(35-2)26(20)32)23-15-10-18-19(38-13-37-18)11-16(15)25(17-12-36-27(33)24(17)23)30-22(31)4-7-29-6-3-5-28/h8-11,17,23-25,29,32H,3-7,12-13,28H2,1-2H3,(H,30,31)/t17?,23?,24-,25+/m0/s1. The molecule has 2 aromatic carbocycles. The highest BCUT2D eigenvalue weighted by Crippen LogP contribution is 2.55. The SMILES string of the molecule is COc1cc(C2c3cc4c(cc3[C@@H](NC(=O)CCNCCCN)C3COC(=O)[C@H]23)OCO4)cc(OC)c1O. The van der Waals surface area contributed by atoms with Crippen LogP contribution in [0.5, 0.6) is 28.7 Å². The average molecular weight is 528 g/mol. The first-order valence-corrected chi connectivity index (χ1v) is 12.7. The van der Waals surface area contributed by atoms with Crippen molar-refractivity contribution in [2.75, 3.05) is 47.3 Å². The lowest BCUT2D eigenvalue weighted by atomic mass is 9.65. The van der Waals surface area contributed by atoms with E-state index in [-0.39, 0.29) is 54.9 Å². The molecule has 4 atom stereocenters. The number of hydrogen-bond donors (Lipinski definition) is 4. The van der Waals surface area contributed by atoms with E-state index >= 15 is 0 Å². The summed E-state index contributed by atoms with van der Waals surface area (Å²) in [6, 6.07) is 6.67. The summed E-state index contributed by atoms with van der Waals surface area (Å²) < 4.78 is 27.7. The monoisotopic (exact) mass is 527 g/mol. The molecule has 5 rings (SSSR count). The molecule has 2 aromatic rings. The number of carbonyl (C=O) groups excluding carboxylic acids is 2. The molecule has 1 amide bonds. The fourth-order valence-corrected chi connectivity index (χ4v) is 5.64. The van der Waals surface area contributed by atoms with Crippen molar-refractivity contribution in [3.05, 3.63) is 41.0 Å². The first-order valence-electron chi connectivity index (χ1n) is 12.7. The Bertz CT molecular complexity index is 1190. The highest BCUT2D eigenvalue weighted by atomic mass is 16.7. The number of rotatable bonds is 10. The van der Waals surface area contributed by atoms with Gasteiger partial charge in [-0.25, -0.2) is 0 Å². The molecule has 3 aliphatic rings. The van der Waals surface area contributed by atoms with Crippen LogP contribution in [0.15, 0.2) is 24.3 Å². The Labute approximate surface area is 220 Å². The van der Waals surface area contributed by atoms with Gasteiger partial charge in [0.2, 0.25) is 18.4 Å². The number of ether oxygens (including phenoxy) is 5. The Kier molecular flexibility index (Phi) is 7.48. The normalized spacial score (nSPS) is 22.9. The number of cyclic esters (lactones) is 1. The molecular formula is C27H33N3O8. The highest BCUT2D eigenvalue weighted by Gasteiger charge is 2.53. The topological polar surface area (TPSA) is 151 Å². The van der Waals surface area contributed by atoms with Crippen LogP contribution in [0.2, 0.25) is 0 Å². The predicted molar refractivity (Wildman–Crippen MR) is 136 cm³/mol. The second-order valence-corrected chi connectivity index (χ2v) is 9.59. The van der Waals surface area contributed by atoms with Gasteiger partial charge in [-0.1, -0.05) is 0 Å². The van der Waals surface area contributed by atoms with E-state index in [1.165, 1.54) is 14.2 Å². The maximum absolute atomic E-state index is 13.2. The molecule has 0 aromatic heterocycles. The number of carbonyl (C=O) groups is 2. The van der Waals surface area contributed by atoms with Crippen LogP contribution in [0.3, 0.4) is 0 Å². The first kappa shape index (κ1) is 25.9. The molecule has 2 aliphatic heterocycles. The number of aromatic hydroxyl groups is 1. The summed E-state index contributed by atoms with van der Waals surface area (Å²) in [7, 11) is 2.91. The van der Waals surface area contributed by atoms with E-state index in [4.69, 9.17) is 29.4 Å². The zero-order valence-corrected chi connectivity index (χ0v) is 21.5. The second-order valence-electron chi connectivity index (χ2n) is 9.59. The quantitative estimate of drug-likeness (QED) is 0.265. The summed E-state index contributed by atoms with van der Waals surface area (Å²) in [6.45, 7) is 2.11. The van der Waals surface area contributed by atoms with E-state index in [2.05, 4.69) is 10.6 Å². The fraction of sp³-hybridized carbons (Fsp3) is 0.481. The number of hydrogen-bond acceptors (Lipinski definition) is 10. The van der Waals surface area contributed by atoms with Gasteiger partial charge < -0.3 is 45.2 Å². The van der Waals surface area contributed by atoms with Gasteiger partial charge in [-0.05, 0) is 60.5 Å². The minimum atomic E-state index is -0.588. The van der Waals surface area contributed by atoms with Gasteiger partial charge in [0.15, 0.2) is 23.0 Å². The molecule has 204 valence electrons. The Balaban J connectivity index is 1.55. The lowest BCUT2D eigenvalue weighted by molar-refractivity contribution is -0.141. The molecule has 0 spiro atoms. The molecule has 0 bridgehead atoms. The van der Waals surface area contributed by atoms with Crippen molar-refractivity contribution in [1.29, 1.82) is 0 Å². The third kappa shape index (κ3) is 4.67. The fourth-order valence-electron chi connectivity index (χ4n) is 5.64. The third-order valence-electron chi connectivity index (χ3n) is 7.45. The van der Waals surface area contributed by atoms with Crippen molar-refractivity contribution in [2.45, 2.75) is 24.8 Å². The average Bonchev–Trinajstić information content (AvgIpc) is 3.54. The Morgan fingerprint density at radius 2 is 1.74 bits per heavy atom. The molecule has 5 N–H and O–H groups in total. The van der Waals surface area contributed by atoms with Crippen molar-refractivity contribution in [3.8, 4) is 28.7 Å². The number of fused-ring (bicyclic) bond motifs is 3. The Hall–Kier alpha value is -3.70. The van der Waals surface area contributed by atoms with E-state index in [1.807, 2.05) is 12.1 Å². The van der Waals surface area contributed by atoms with Gasteiger partial charge in [0.1, 0.15) is 0 Å². The van der Waals surface area contributed by atoms with E-state index in [1.54, 1.807) is 12.1 Å². The zero-order valence-electron chi connectivity index (χ0n) is 21.5. The predicted octanol–water partition coefficient (Wildman–Crippen LogP) is 1.56. The van der Waals surface area contributed by atoms with Gasteiger partial charge in [0.05, 0.1) is 32.8 Å². The van der Waals surface area contributed by atoms with Gasteiger partial charge in [0, 0.05) is 24.8 Å². The molecule has 1 aliphatic carbocycles. The molecule has 1 saturated heterocycles. The second kappa shape index (κ2) is 11.0. The van der Waals surface area contributed by atoms with Gasteiger partial charge in [-0.2, -0.15) is 0 Å². The van der Waals surface area contributed by atoms with Crippen LogP contribution in [-0.4, -0.2) is 64.2 Å². The van der Waals surface area contributed by atoms with E-state index < -0.39 is 17.9 Å². The number of phenols is 1. The number of esters is 1. The Morgan fingerprint density at radius 1 is 1.05 bits per heavy atom. The highest BCUT2D eigenvalue weighted by molar-refractivity contribution is 5.81. The van der Waals surface area contributed by atoms with Crippen LogP contribution in [0, 0.1) is 11.8 Å². The summed E-state index contributed by atoms with van der Waals surface area (Å²) in [5.74, 6) is -0.398. The molecule has 38 heavy (non-hydrogen) atoms. The van der Waals surface area contributed by atoms with Crippen LogP contribution in [0.25, 0.3) is 0 Å². The number of methoxy groups -OCH3 is 2. The molecule has 0 radical (unpaired) electrons. The minimum Gasteiger partial charge on any atom is -0.502 e. The summed E-state index contributed by atoms with van der Waals surface area (Å²) in [5, 5.41) is 16.9. The summed E-state index contributed by atoms with van der Waals surface area (Å²) >= 11 is 0. The minimum absolute atomic E-state index is 0.0874. The first-order chi connectivity index (χ1) is 18.5. The Morgan fingerprint density at radius 3 is 2.39 bits per heavy atom. The molecule has 11 nitrogen and oxygen atoms in total. The maximum Gasteiger partial charge on any atom is 0.310 e. The number of nitrogens with two attached hydrogens (primary N) is 1. The van der Waals surface area contributed by atoms with Gasteiger partial charge in [0.25, 0.3) is 0 Å². The van der Waals surface area contributed by atoms with Crippen LogP contribution in [0.4, 0.5) is 0 Å². The van der Waals surface area contributed by atoms with Crippen molar-refractivity contribution in [1.82, 2.24) is 10.6 Å². The van der Waals surface area contributed by atoms with E-state index in [9.17, 15) is 14.7 Å². The smallest absolute Gasteiger partial charge is 0.310 e. The van der Waals surface area contributed by atoms with Crippen molar-refractivity contribution in [3.63, 3.8) is 0 Å². The summed E-state index contributed by atoms with van der Waals surface area (Å²) in [4.78, 5) is 26.2. The van der Waals surface area contributed by atoms with E-state index in [0.29, 0.717) is 30.2 Å². The number of phenolic OH excluding ortho intramolecular Hbond substituents is 1. The summed E-state index contributed by atoms with van der Waals surface area (Å²) in [6.07, 6.45) is 1.12. The van der Waals surface area contributed by atoms with Crippen LogP contribution < -0.4 is 35.3 Å². The van der Waals surface area contributed by atoms with Gasteiger partial charge in [-0.15, -0.1) is 0 Å². The van der Waals surface area contributed by atoms with Crippen molar-refractivity contribution < 1.29 is 38.4 Å². The van der Waals surface area contributed by atoms with Crippen molar-refractivity contribution in [2.24, 2.45) is 17.6 Å². The molecule has 2 unspecified atom stereocenters. The lowest BCUT2D eigenvalue weighted by Gasteiger charge is -2.39. The molecule has 1 fully saturated rings. The number of nitrogens with one attached hydrogen (secondary N) is 2. The third-order valence-corrected chi connectivity index (χ3v) is 7.45. The zero-order chi connectivity index (χ0) is 26.8.